The molecule has 10 nitrogen and oxygen atoms in total. The van der Waals surface area contributed by atoms with Gasteiger partial charge in [0.15, 0.2) is 6.61 Å². The van der Waals surface area contributed by atoms with Crippen LogP contribution in [0, 0.1) is 0 Å². The number of likely N-dealkylation sites (tertiary alicyclic amines) is 1. The molecule has 1 heterocycles. The van der Waals surface area contributed by atoms with Crippen LogP contribution in [0.4, 0.5) is 0 Å². The van der Waals surface area contributed by atoms with Gasteiger partial charge in [0.1, 0.15) is 6.04 Å². The molecule has 0 saturated carbocycles. The quantitative estimate of drug-likeness (QED) is 0.395. The van der Waals surface area contributed by atoms with Crippen LogP contribution in [-0.2, 0) is 35.1 Å². The molecule has 186 valence electrons. The first-order valence-corrected chi connectivity index (χ1v) is 11.5. The Morgan fingerprint density at radius 3 is 2.41 bits per heavy atom. The molecule has 0 spiro atoms. The summed E-state index contributed by atoms with van der Waals surface area (Å²) in [5.41, 5.74) is 0.989. The Hall–Kier alpha value is -3.43. The number of carbonyl (C=O) groups excluding carboxylic acids is 5. The Morgan fingerprint density at radius 1 is 1.06 bits per heavy atom. The number of nitrogens with one attached hydrogen (secondary N) is 3. The zero-order valence-corrected chi connectivity index (χ0v) is 20.0. The summed E-state index contributed by atoms with van der Waals surface area (Å²) in [6.07, 6.45) is 1.74. The first-order chi connectivity index (χ1) is 16.2. The highest BCUT2D eigenvalue weighted by Crippen LogP contribution is 2.21. The van der Waals surface area contributed by atoms with Crippen LogP contribution in [0.5, 0.6) is 0 Å². The molecule has 1 saturated heterocycles. The van der Waals surface area contributed by atoms with Crippen LogP contribution in [-0.4, -0.2) is 72.8 Å². The van der Waals surface area contributed by atoms with E-state index in [0.29, 0.717) is 25.8 Å². The maximum absolute atomic E-state index is 13.0. The van der Waals surface area contributed by atoms with Gasteiger partial charge in [-0.1, -0.05) is 30.3 Å². The maximum Gasteiger partial charge on any atom is 0.329 e. The Labute approximate surface area is 199 Å². The summed E-state index contributed by atoms with van der Waals surface area (Å²) in [5, 5.41) is 7.89. The van der Waals surface area contributed by atoms with Gasteiger partial charge in [0, 0.05) is 45.4 Å². The molecular weight excluding hydrogens is 440 g/mol. The van der Waals surface area contributed by atoms with Crippen molar-refractivity contribution < 1.29 is 28.7 Å². The van der Waals surface area contributed by atoms with Gasteiger partial charge < -0.3 is 25.6 Å². The van der Waals surface area contributed by atoms with Crippen LogP contribution in [0.1, 0.15) is 45.1 Å². The van der Waals surface area contributed by atoms with Crippen molar-refractivity contribution in [2.45, 2.75) is 64.1 Å². The highest BCUT2D eigenvalue weighted by Gasteiger charge is 2.36. The van der Waals surface area contributed by atoms with E-state index in [0.717, 1.165) is 5.56 Å². The maximum atomic E-state index is 13.0. The van der Waals surface area contributed by atoms with Gasteiger partial charge in [-0.05, 0) is 31.7 Å². The summed E-state index contributed by atoms with van der Waals surface area (Å²) < 4.78 is 5.15. The number of rotatable bonds is 11. The highest BCUT2D eigenvalue weighted by atomic mass is 16.5. The van der Waals surface area contributed by atoms with Crippen molar-refractivity contribution in [1.82, 2.24) is 20.9 Å². The standard InChI is InChI=1S/C24H34N4O6/c1-16(12-21(30)25-3)26-22(31)15-34-24(33)20-10-7-11-28(20)23(32)14-19(27-17(2)29)13-18-8-5-4-6-9-18/h4-6,8-9,16,19-20H,7,10-15H2,1-3H3,(H,25,30)(H,26,31)(H,27,29)/t16-,19-,20+/m0/s1. The van der Waals surface area contributed by atoms with Crippen LogP contribution < -0.4 is 16.0 Å². The van der Waals surface area contributed by atoms with Crippen LogP contribution in [0.15, 0.2) is 30.3 Å². The summed E-state index contributed by atoms with van der Waals surface area (Å²) >= 11 is 0. The Bertz CT molecular complexity index is 875. The summed E-state index contributed by atoms with van der Waals surface area (Å²) in [6.45, 7) is 3.00. The molecule has 0 unspecified atom stereocenters. The fourth-order valence-electron chi connectivity index (χ4n) is 3.98. The number of esters is 1. The average molecular weight is 475 g/mol. The first kappa shape index (κ1) is 26.8. The van der Waals surface area contributed by atoms with Crippen LogP contribution in [0.3, 0.4) is 0 Å². The van der Waals surface area contributed by atoms with E-state index >= 15 is 0 Å². The number of carbonyl (C=O) groups is 5. The van der Waals surface area contributed by atoms with Crippen molar-refractivity contribution >= 4 is 29.6 Å². The molecule has 1 fully saturated rings. The number of nitrogens with zero attached hydrogens (tertiary/aromatic N) is 1. The minimum atomic E-state index is -0.765. The third-order valence-electron chi connectivity index (χ3n) is 5.52. The second kappa shape index (κ2) is 13.3. The fraction of sp³-hybridized carbons (Fsp3) is 0.542. The van der Waals surface area contributed by atoms with Crippen molar-refractivity contribution in [3.05, 3.63) is 35.9 Å². The number of hydrogen-bond donors (Lipinski definition) is 3. The van der Waals surface area contributed by atoms with E-state index in [1.807, 2.05) is 30.3 Å². The molecule has 0 aromatic heterocycles. The van der Waals surface area contributed by atoms with Gasteiger partial charge in [-0.2, -0.15) is 0 Å². The molecule has 10 heteroatoms. The lowest BCUT2D eigenvalue weighted by atomic mass is 10.0. The van der Waals surface area contributed by atoms with Gasteiger partial charge >= 0.3 is 5.97 Å². The molecule has 3 N–H and O–H groups in total. The molecule has 0 bridgehead atoms. The Balaban J connectivity index is 1.90. The summed E-state index contributed by atoms with van der Waals surface area (Å²) in [5.74, 6) is -1.86. The van der Waals surface area contributed by atoms with Crippen LogP contribution in [0.25, 0.3) is 0 Å². The first-order valence-electron chi connectivity index (χ1n) is 11.5. The van der Waals surface area contributed by atoms with Crippen molar-refractivity contribution in [3.8, 4) is 0 Å². The third-order valence-corrected chi connectivity index (χ3v) is 5.52. The monoisotopic (exact) mass is 474 g/mol. The highest BCUT2D eigenvalue weighted by molar-refractivity contribution is 5.87. The van der Waals surface area contributed by atoms with Gasteiger partial charge in [0.05, 0.1) is 0 Å². The molecule has 1 aromatic carbocycles. The molecule has 0 aliphatic carbocycles. The minimum absolute atomic E-state index is 0.0513. The van der Waals surface area contributed by atoms with Gasteiger partial charge in [-0.3, -0.25) is 19.2 Å². The zero-order valence-electron chi connectivity index (χ0n) is 20.0. The molecule has 2 rings (SSSR count). The number of hydrogen-bond acceptors (Lipinski definition) is 6. The molecule has 0 radical (unpaired) electrons. The summed E-state index contributed by atoms with van der Waals surface area (Å²) in [6, 6.07) is 7.95. The molecule has 4 amide bonds. The Morgan fingerprint density at radius 2 is 1.76 bits per heavy atom. The zero-order chi connectivity index (χ0) is 25.1. The number of amides is 4. The minimum Gasteiger partial charge on any atom is -0.454 e. The summed E-state index contributed by atoms with van der Waals surface area (Å²) in [7, 11) is 1.51. The van der Waals surface area contributed by atoms with Crippen molar-refractivity contribution in [2.75, 3.05) is 20.2 Å². The van der Waals surface area contributed by atoms with E-state index in [9.17, 15) is 24.0 Å². The average Bonchev–Trinajstić information content (AvgIpc) is 3.27. The van der Waals surface area contributed by atoms with Gasteiger partial charge in [0.25, 0.3) is 5.91 Å². The topological polar surface area (TPSA) is 134 Å². The molecule has 1 aromatic rings. The molecule has 1 aliphatic heterocycles. The molecular formula is C24H34N4O6. The van der Waals surface area contributed by atoms with Crippen molar-refractivity contribution in [1.29, 1.82) is 0 Å². The number of ether oxygens (including phenoxy) is 1. The van der Waals surface area contributed by atoms with Crippen LogP contribution >= 0.6 is 0 Å². The van der Waals surface area contributed by atoms with Crippen molar-refractivity contribution in [3.63, 3.8) is 0 Å². The fourth-order valence-corrected chi connectivity index (χ4v) is 3.98. The smallest absolute Gasteiger partial charge is 0.329 e. The van der Waals surface area contributed by atoms with Gasteiger partial charge in [0.2, 0.25) is 17.7 Å². The molecule has 34 heavy (non-hydrogen) atoms. The van der Waals surface area contributed by atoms with E-state index in [2.05, 4.69) is 16.0 Å². The molecule has 3 atom stereocenters. The second-order valence-corrected chi connectivity index (χ2v) is 8.49. The van der Waals surface area contributed by atoms with Gasteiger partial charge in [-0.25, -0.2) is 4.79 Å². The Kier molecular flexibility index (Phi) is 10.5. The van der Waals surface area contributed by atoms with Crippen molar-refractivity contribution in [2.24, 2.45) is 0 Å². The molecule has 1 aliphatic rings. The predicted molar refractivity (Wildman–Crippen MR) is 124 cm³/mol. The second-order valence-electron chi connectivity index (χ2n) is 8.49. The van der Waals surface area contributed by atoms with E-state index in [4.69, 9.17) is 4.74 Å². The van der Waals surface area contributed by atoms with Crippen LogP contribution in [0.2, 0.25) is 0 Å². The van der Waals surface area contributed by atoms with E-state index in [-0.39, 0.29) is 30.6 Å². The van der Waals surface area contributed by atoms with Gasteiger partial charge in [-0.15, -0.1) is 0 Å². The lowest BCUT2D eigenvalue weighted by molar-refractivity contribution is -0.156. The lowest BCUT2D eigenvalue weighted by Gasteiger charge is -2.26. The number of benzene rings is 1. The van der Waals surface area contributed by atoms with E-state index in [1.165, 1.54) is 18.9 Å². The predicted octanol–water partition coefficient (Wildman–Crippen LogP) is 0.299. The van der Waals surface area contributed by atoms with E-state index < -0.39 is 36.6 Å². The lowest BCUT2D eigenvalue weighted by Crippen LogP contribution is -2.46. The SMILES string of the molecule is CNC(=O)C[C@H](C)NC(=O)COC(=O)[C@H]1CCCN1C(=O)C[C@H](Cc1ccccc1)NC(C)=O. The normalized spacial score (nSPS) is 16.8. The summed E-state index contributed by atoms with van der Waals surface area (Å²) in [4.78, 5) is 62.1. The third kappa shape index (κ3) is 8.84. The van der Waals surface area contributed by atoms with E-state index in [1.54, 1.807) is 6.92 Å². The largest absolute Gasteiger partial charge is 0.454 e.